The van der Waals surface area contributed by atoms with E-state index < -0.39 is 0 Å². The van der Waals surface area contributed by atoms with E-state index >= 15 is 0 Å². The molecule has 1 aliphatic carbocycles. The maximum Gasteiger partial charge on any atom is 0.273 e. The minimum Gasteiger partial charge on any atom is -0.356 e. The molecule has 3 heterocycles. The van der Waals surface area contributed by atoms with Crippen molar-refractivity contribution in [3.63, 3.8) is 0 Å². The Kier molecular flexibility index (Phi) is 6.32. The molecule has 10 heteroatoms. The zero-order chi connectivity index (χ0) is 23.7. The molecule has 1 unspecified atom stereocenters. The first-order chi connectivity index (χ1) is 16.5. The third-order valence-corrected chi connectivity index (χ3v) is 7.58. The first kappa shape index (κ1) is 22.5. The number of carbonyl (C=O) groups is 2. The van der Waals surface area contributed by atoms with E-state index in [0.717, 1.165) is 44.3 Å². The van der Waals surface area contributed by atoms with Crippen LogP contribution in [0.3, 0.4) is 0 Å². The molecule has 0 saturated carbocycles. The maximum atomic E-state index is 13.1. The van der Waals surface area contributed by atoms with Crippen molar-refractivity contribution >= 4 is 44.3 Å². The summed E-state index contributed by atoms with van der Waals surface area (Å²) in [5.41, 5.74) is 3.47. The third kappa shape index (κ3) is 4.54. The molecule has 5 rings (SSSR count). The number of anilines is 2. The first-order valence-electron chi connectivity index (χ1n) is 11.8. The number of hydrogen-bond acceptors (Lipinski definition) is 7. The predicted octanol–water partition coefficient (Wildman–Crippen LogP) is 2.33. The van der Waals surface area contributed by atoms with Gasteiger partial charge >= 0.3 is 0 Å². The fourth-order valence-corrected chi connectivity index (χ4v) is 5.78. The zero-order valence-electron chi connectivity index (χ0n) is 19.2. The SMILES string of the molecule is CCNC(=O)C1CCCN(c2nc3ncn(CC(=O)Nc4ccc5c(c4)CCC5)c(=O)c3s2)C1. The number of benzene rings is 1. The van der Waals surface area contributed by atoms with E-state index in [1.54, 1.807) is 0 Å². The van der Waals surface area contributed by atoms with Crippen molar-refractivity contribution in [1.29, 1.82) is 0 Å². The van der Waals surface area contributed by atoms with Crippen LogP contribution in [0, 0.1) is 5.92 Å². The number of fused-ring (bicyclic) bond motifs is 2. The van der Waals surface area contributed by atoms with E-state index in [1.807, 2.05) is 19.1 Å². The normalized spacial score (nSPS) is 17.6. The van der Waals surface area contributed by atoms with Crippen molar-refractivity contribution in [2.24, 2.45) is 5.92 Å². The number of thiazole rings is 1. The Morgan fingerprint density at radius 3 is 2.91 bits per heavy atom. The molecule has 178 valence electrons. The molecule has 2 amide bonds. The van der Waals surface area contributed by atoms with E-state index in [4.69, 9.17) is 0 Å². The summed E-state index contributed by atoms with van der Waals surface area (Å²) in [6.07, 6.45) is 6.38. The fraction of sp³-hybridized carbons (Fsp3) is 0.458. The lowest BCUT2D eigenvalue weighted by atomic mass is 9.97. The van der Waals surface area contributed by atoms with Gasteiger partial charge in [0, 0.05) is 25.3 Å². The monoisotopic (exact) mass is 480 g/mol. The van der Waals surface area contributed by atoms with Gasteiger partial charge in [-0.15, -0.1) is 0 Å². The summed E-state index contributed by atoms with van der Waals surface area (Å²) in [4.78, 5) is 48.9. The van der Waals surface area contributed by atoms with Gasteiger partial charge in [0.25, 0.3) is 5.56 Å². The molecule has 2 aliphatic rings. The molecule has 0 bridgehead atoms. The number of aryl methyl sites for hydroxylation is 2. The molecule has 2 N–H and O–H groups in total. The molecule has 1 saturated heterocycles. The summed E-state index contributed by atoms with van der Waals surface area (Å²) in [6, 6.07) is 5.99. The van der Waals surface area contributed by atoms with Crippen LogP contribution in [-0.2, 0) is 29.0 Å². The summed E-state index contributed by atoms with van der Waals surface area (Å²) < 4.78 is 1.74. The van der Waals surface area contributed by atoms with Crippen LogP contribution in [0.1, 0.15) is 37.3 Å². The summed E-state index contributed by atoms with van der Waals surface area (Å²) >= 11 is 1.27. The molecular weight excluding hydrogens is 452 g/mol. The Bertz CT molecular complexity index is 1300. The molecule has 0 spiro atoms. The van der Waals surface area contributed by atoms with Gasteiger partial charge in [0.2, 0.25) is 11.8 Å². The minimum absolute atomic E-state index is 0.0585. The van der Waals surface area contributed by atoms with Crippen LogP contribution in [0.2, 0.25) is 0 Å². The molecule has 2 aromatic heterocycles. The second-order valence-corrected chi connectivity index (χ2v) is 9.87. The number of piperidine rings is 1. The highest BCUT2D eigenvalue weighted by Crippen LogP contribution is 2.29. The van der Waals surface area contributed by atoms with Gasteiger partial charge in [-0.25, -0.2) is 4.98 Å². The van der Waals surface area contributed by atoms with Gasteiger partial charge in [0.15, 0.2) is 10.8 Å². The average molecular weight is 481 g/mol. The molecule has 0 radical (unpaired) electrons. The molecule has 9 nitrogen and oxygen atoms in total. The van der Waals surface area contributed by atoms with Crippen molar-refractivity contribution in [1.82, 2.24) is 19.9 Å². The number of rotatable bonds is 6. The molecule has 3 aromatic rings. The highest BCUT2D eigenvalue weighted by molar-refractivity contribution is 7.22. The van der Waals surface area contributed by atoms with Gasteiger partial charge < -0.3 is 15.5 Å². The Morgan fingerprint density at radius 2 is 2.06 bits per heavy atom. The van der Waals surface area contributed by atoms with Crippen molar-refractivity contribution in [2.45, 2.75) is 45.6 Å². The second kappa shape index (κ2) is 9.54. The number of amides is 2. The summed E-state index contributed by atoms with van der Waals surface area (Å²) in [5.74, 6) is -0.303. The second-order valence-electron chi connectivity index (χ2n) is 8.89. The maximum absolute atomic E-state index is 13.1. The lowest BCUT2D eigenvalue weighted by Gasteiger charge is -2.31. The van der Waals surface area contributed by atoms with Crippen LogP contribution >= 0.6 is 11.3 Å². The van der Waals surface area contributed by atoms with E-state index in [-0.39, 0.29) is 29.8 Å². The van der Waals surface area contributed by atoms with Crippen molar-refractivity contribution < 1.29 is 9.59 Å². The molecule has 1 fully saturated rings. The Labute approximate surface area is 201 Å². The van der Waals surface area contributed by atoms with Crippen LogP contribution in [0.15, 0.2) is 29.3 Å². The van der Waals surface area contributed by atoms with E-state index in [0.29, 0.717) is 28.6 Å². The van der Waals surface area contributed by atoms with E-state index in [2.05, 4.69) is 31.6 Å². The number of hydrogen-bond donors (Lipinski definition) is 2. The largest absolute Gasteiger partial charge is 0.356 e. The zero-order valence-corrected chi connectivity index (χ0v) is 20.0. The number of carbonyl (C=O) groups excluding carboxylic acids is 2. The average Bonchev–Trinajstić information content (AvgIpc) is 3.48. The van der Waals surface area contributed by atoms with Crippen molar-refractivity contribution in [3.05, 3.63) is 46.0 Å². The summed E-state index contributed by atoms with van der Waals surface area (Å²) in [7, 11) is 0. The van der Waals surface area contributed by atoms with Gasteiger partial charge in [0.1, 0.15) is 17.6 Å². The third-order valence-electron chi connectivity index (χ3n) is 6.48. The van der Waals surface area contributed by atoms with Crippen LogP contribution in [0.5, 0.6) is 0 Å². The minimum atomic E-state index is -0.282. The standard InChI is InChI=1S/C24H28N6O3S/c1-2-25-22(32)17-7-4-10-29(12-17)24-28-21-20(34-24)23(33)30(14-26-21)13-19(31)27-18-9-8-15-5-3-6-16(15)11-18/h8-9,11,14,17H,2-7,10,12-13H2,1H3,(H,25,32)(H,27,31). The summed E-state index contributed by atoms with van der Waals surface area (Å²) in [6.45, 7) is 3.76. The molecule has 34 heavy (non-hydrogen) atoms. The van der Waals surface area contributed by atoms with Crippen molar-refractivity contribution in [3.8, 4) is 0 Å². The van der Waals surface area contributed by atoms with Crippen LogP contribution in [0.4, 0.5) is 10.8 Å². The van der Waals surface area contributed by atoms with Gasteiger partial charge in [-0.3, -0.25) is 19.0 Å². The fourth-order valence-electron chi connectivity index (χ4n) is 4.77. The van der Waals surface area contributed by atoms with E-state index in [1.165, 1.54) is 33.4 Å². The highest BCUT2D eigenvalue weighted by atomic mass is 32.1. The smallest absolute Gasteiger partial charge is 0.273 e. The number of nitrogens with one attached hydrogen (secondary N) is 2. The molecular formula is C24H28N6O3S. The number of nitrogens with zero attached hydrogens (tertiary/aromatic N) is 4. The Balaban J connectivity index is 1.30. The Morgan fingerprint density at radius 1 is 1.21 bits per heavy atom. The molecule has 1 aromatic carbocycles. The summed E-state index contributed by atoms with van der Waals surface area (Å²) in [5, 5.41) is 6.47. The predicted molar refractivity (Wildman–Crippen MR) is 132 cm³/mol. The quantitative estimate of drug-likeness (QED) is 0.561. The van der Waals surface area contributed by atoms with Crippen LogP contribution in [-0.4, -0.2) is 46.0 Å². The topological polar surface area (TPSA) is 109 Å². The van der Waals surface area contributed by atoms with Crippen LogP contribution < -0.4 is 21.1 Å². The Hall–Kier alpha value is -3.27. The lowest BCUT2D eigenvalue weighted by molar-refractivity contribution is -0.125. The highest BCUT2D eigenvalue weighted by Gasteiger charge is 2.27. The van der Waals surface area contributed by atoms with Gasteiger partial charge in [0.05, 0.1) is 5.92 Å². The van der Waals surface area contributed by atoms with E-state index in [9.17, 15) is 14.4 Å². The first-order valence-corrected chi connectivity index (χ1v) is 12.6. The molecule has 1 aliphatic heterocycles. The number of aromatic nitrogens is 3. The van der Waals surface area contributed by atoms with Gasteiger partial charge in [-0.2, -0.15) is 4.98 Å². The molecule has 1 atom stereocenters. The van der Waals surface area contributed by atoms with Crippen molar-refractivity contribution in [2.75, 3.05) is 29.9 Å². The lowest BCUT2D eigenvalue weighted by Crippen LogP contribution is -2.43. The van der Waals surface area contributed by atoms with Crippen LogP contribution in [0.25, 0.3) is 10.3 Å². The van der Waals surface area contributed by atoms with Gasteiger partial charge in [-0.05, 0) is 62.3 Å². The van der Waals surface area contributed by atoms with Gasteiger partial charge in [-0.1, -0.05) is 17.4 Å².